The van der Waals surface area contributed by atoms with Gasteiger partial charge >= 0.3 is 18.9 Å². The maximum Gasteiger partial charge on any atom is 1.00 e. The van der Waals surface area contributed by atoms with Crippen molar-refractivity contribution in [3.63, 3.8) is 0 Å². The molecule has 0 amide bonds. The molecule has 44 valence electrons. The molecule has 0 fully saturated rings. The Balaban J connectivity index is 0. The third-order valence-corrected chi connectivity index (χ3v) is 0.736. The second kappa shape index (κ2) is 6.15. The summed E-state index contributed by atoms with van der Waals surface area (Å²) in [5, 5.41) is 0. The van der Waals surface area contributed by atoms with E-state index in [0.717, 1.165) is 0 Å². The number of imidazole rings is 1. The molecule has 0 radical (unpaired) electrons. The van der Waals surface area contributed by atoms with Gasteiger partial charge < -0.3 is 21.5 Å². The van der Waals surface area contributed by atoms with E-state index in [9.17, 15) is 0 Å². The van der Waals surface area contributed by atoms with E-state index in [1.165, 1.54) is 0 Å². The molecule has 0 saturated heterocycles. The monoisotopic (exact) mass is 180 g/mol. The van der Waals surface area contributed by atoms with Crippen LogP contribution in [0.15, 0.2) is 25.3 Å². The molecular weight excluding hydrogens is 175 g/mol. The van der Waals surface area contributed by atoms with Gasteiger partial charge in [-0.25, -0.2) is 4.98 Å². The Morgan fingerprint density at radius 1 is 1.56 bits per heavy atom. The smallest absolute Gasteiger partial charge is 1.00 e. The van der Waals surface area contributed by atoms with E-state index in [0.29, 0.717) is 0 Å². The molecule has 2 nitrogen and oxygen atoms in total. The number of hydrogen-bond acceptors (Lipinski definition) is 1. The van der Waals surface area contributed by atoms with Crippen molar-refractivity contribution in [2.45, 2.75) is 0 Å². The SMILES string of the molecule is C=Cn1ccnc1.[Br-].[Li+]. The van der Waals surface area contributed by atoms with Gasteiger partial charge in [0, 0.05) is 18.6 Å². The Morgan fingerprint density at radius 3 is 2.44 bits per heavy atom. The van der Waals surface area contributed by atoms with Crippen LogP contribution in [0.4, 0.5) is 0 Å². The molecule has 0 N–H and O–H groups in total. The average molecular weight is 181 g/mol. The van der Waals surface area contributed by atoms with E-state index in [-0.39, 0.29) is 35.8 Å². The summed E-state index contributed by atoms with van der Waals surface area (Å²) in [5.74, 6) is 0. The van der Waals surface area contributed by atoms with Crippen molar-refractivity contribution in [1.82, 2.24) is 9.55 Å². The van der Waals surface area contributed by atoms with Crippen LogP contribution in [0.1, 0.15) is 0 Å². The van der Waals surface area contributed by atoms with Crippen molar-refractivity contribution < 1.29 is 35.8 Å². The van der Waals surface area contributed by atoms with E-state index in [4.69, 9.17) is 0 Å². The molecule has 4 heteroatoms. The summed E-state index contributed by atoms with van der Waals surface area (Å²) in [5.41, 5.74) is 0. The van der Waals surface area contributed by atoms with Crippen molar-refractivity contribution in [2.24, 2.45) is 0 Å². The summed E-state index contributed by atoms with van der Waals surface area (Å²) in [7, 11) is 0. The summed E-state index contributed by atoms with van der Waals surface area (Å²) in [6, 6.07) is 0. The van der Waals surface area contributed by atoms with Gasteiger partial charge in [0.05, 0.1) is 6.33 Å². The first-order valence-corrected chi connectivity index (χ1v) is 2.03. The Labute approximate surface area is 76.9 Å². The molecule has 0 aliphatic carbocycles. The molecule has 0 unspecified atom stereocenters. The second-order valence-electron chi connectivity index (χ2n) is 1.19. The first-order valence-electron chi connectivity index (χ1n) is 2.03. The topological polar surface area (TPSA) is 17.8 Å². The molecule has 9 heavy (non-hydrogen) atoms. The minimum Gasteiger partial charge on any atom is -1.00 e. The van der Waals surface area contributed by atoms with Crippen molar-refractivity contribution >= 4 is 6.20 Å². The van der Waals surface area contributed by atoms with Crippen LogP contribution in [-0.2, 0) is 0 Å². The van der Waals surface area contributed by atoms with Gasteiger partial charge in [-0.2, -0.15) is 0 Å². The fraction of sp³-hybridized carbons (Fsp3) is 0. The van der Waals surface area contributed by atoms with Crippen LogP contribution >= 0.6 is 0 Å². The van der Waals surface area contributed by atoms with Crippen LogP contribution in [0, 0.1) is 0 Å². The molecule has 1 heterocycles. The van der Waals surface area contributed by atoms with Crippen LogP contribution < -0.4 is 35.8 Å². The predicted molar refractivity (Wildman–Crippen MR) is 28.6 cm³/mol. The third-order valence-electron chi connectivity index (χ3n) is 0.736. The number of aromatic nitrogens is 2. The Kier molecular flexibility index (Phi) is 8.05. The minimum atomic E-state index is 0. The molecule has 0 aromatic carbocycles. The Morgan fingerprint density at radius 2 is 2.22 bits per heavy atom. The molecule has 0 bridgehead atoms. The van der Waals surface area contributed by atoms with Crippen molar-refractivity contribution in [3.8, 4) is 0 Å². The van der Waals surface area contributed by atoms with Crippen LogP contribution in [0.25, 0.3) is 6.20 Å². The summed E-state index contributed by atoms with van der Waals surface area (Å²) in [6.45, 7) is 3.53. The maximum atomic E-state index is 3.78. The van der Waals surface area contributed by atoms with E-state index in [1.807, 2.05) is 6.20 Å². The summed E-state index contributed by atoms with van der Waals surface area (Å²) in [6.07, 6.45) is 6.91. The number of nitrogens with zero attached hydrogens (tertiary/aromatic N) is 2. The number of halogens is 1. The average Bonchev–Trinajstić information content (AvgIpc) is 2.14. The fourth-order valence-corrected chi connectivity index (χ4v) is 0.377. The second-order valence-corrected chi connectivity index (χ2v) is 1.19. The standard InChI is InChI=1S/C5H6N2.BrH.Li/c1-2-7-4-3-6-5-7;;/h2-5H,1H2;1H;/q;;+1/p-1. The van der Waals surface area contributed by atoms with Crippen molar-refractivity contribution in [2.75, 3.05) is 0 Å². The van der Waals surface area contributed by atoms with Gasteiger partial charge in [0.15, 0.2) is 0 Å². The molecule has 1 rings (SSSR count). The maximum absolute atomic E-state index is 3.78. The van der Waals surface area contributed by atoms with Crippen molar-refractivity contribution in [3.05, 3.63) is 25.3 Å². The molecule has 0 aliphatic rings. The zero-order chi connectivity index (χ0) is 5.11. The van der Waals surface area contributed by atoms with Gasteiger partial charge in [-0.3, -0.25) is 0 Å². The molecule has 0 spiro atoms. The molecule has 0 atom stereocenters. The van der Waals surface area contributed by atoms with E-state index in [2.05, 4.69) is 11.6 Å². The third kappa shape index (κ3) is 3.58. The van der Waals surface area contributed by atoms with Crippen LogP contribution in [0.3, 0.4) is 0 Å². The minimum absolute atomic E-state index is 0. The molecular formula is C5H6BrLiN2. The summed E-state index contributed by atoms with van der Waals surface area (Å²) >= 11 is 0. The van der Waals surface area contributed by atoms with Crippen LogP contribution in [-0.4, -0.2) is 9.55 Å². The van der Waals surface area contributed by atoms with Gasteiger partial charge in [0.25, 0.3) is 0 Å². The number of rotatable bonds is 1. The summed E-state index contributed by atoms with van der Waals surface area (Å²) < 4.78 is 1.78. The summed E-state index contributed by atoms with van der Waals surface area (Å²) in [4.78, 5) is 3.78. The van der Waals surface area contributed by atoms with Crippen LogP contribution in [0.5, 0.6) is 0 Å². The largest absolute Gasteiger partial charge is 1.00 e. The van der Waals surface area contributed by atoms with Gasteiger partial charge in [0.2, 0.25) is 0 Å². The van der Waals surface area contributed by atoms with Crippen LogP contribution in [0.2, 0.25) is 0 Å². The van der Waals surface area contributed by atoms with Gasteiger partial charge in [-0.05, 0) is 0 Å². The first-order chi connectivity index (χ1) is 3.43. The first kappa shape index (κ1) is 11.8. The van der Waals surface area contributed by atoms with Gasteiger partial charge in [0.1, 0.15) is 0 Å². The zero-order valence-electron chi connectivity index (χ0n) is 5.29. The Bertz CT molecular complexity index is 150. The number of hydrogen-bond donors (Lipinski definition) is 0. The molecule has 1 aromatic rings. The van der Waals surface area contributed by atoms with Gasteiger partial charge in [-0.1, -0.05) is 6.58 Å². The quantitative estimate of drug-likeness (QED) is 0.396. The van der Waals surface area contributed by atoms with E-state index in [1.54, 1.807) is 23.3 Å². The predicted octanol–water partition coefficient (Wildman–Crippen LogP) is -5.01. The van der Waals surface area contributed by atoms with Gasteiger partial charge in [-0.15, -0.1) is 0 Å². The zero-order valence-corrected chi connectivity index (χ0v) is 6.87. The molecule has 1 aromatic heterocycles. The fourth-order valence-electron chi connectivity index (χ4n) is 0.377. The normalized spacial score (nSPS) is 6.67. The molecule has 0 aliphatic heterocycles. The Hall–Kier alpha value is 0.0274. The van der Waals surface area contributed by atoms with Crippen molar-refractivity contribution in [1.29, 1.82) is 0 Å². The van der Waals surface area contributed by atoms with E-state index < -0.39 is 0 Å². The molecule has 0 saturated carbocycles. The van der Waals surface area contributed by atoms with E-state index >= 15 is 0 Å².